The van der Waals surface area contributed by atoms with Crippen LogP contribution in [0.3, 0.4) is 0 Å². The summed E-state index contributed by atoms with van der Waals surface area (Å²) in [5, 5.41) is 0. The zero-order chi connectivity index (χ0) is 14.4. The van der Waals surface area contributed by atoms with Crippen LogP contribution in [0.2, 0.25) is 0 Å². The number of nitrogen functional groups attached to an aromatic ring is 1. The highest BCUT2D eigenvalue weighted by Gasteiger charge is 2.45. The molecule has 0 spiro atoms. The van der Waals surface area contributed by atoms with E-state index >= 15 is 0 Å². The summed E-state index contributed by atoms with van der Waals surface area (Å²) >= 11 is 0. The van der Waals surface area contributed by atoms with Crippen molar-refractivity contribution in [1.82, 2.24) is 4.72 Å². The molecule has 3 N–H and O–H groups in total. The molecule has 0 radical (unpaired) electrons. The van der Waals surface area contributed by atoms with Gasteiger partial charge in [0.1, 0.15) is 10.7 Å². The van der Waals surface area contributed by atoms with Crippen LogP contribution in [-0.4, -0.2) is 15.0 Å². The average Bonchev–Trinajstić information content (AvgIpc) is 2.89. The Bertz CT molecular complexity index is 611. The summed E-state index contributed by atoms with van der Waals surface area (Å²) in [6, 6.07) is 2.32. The van der Waals surface area contributed by atoms with E-state index in [1.807, 2.05) is 0 Å². The highest BCUT2D eigenvalue weighted by atomic mass is 32.2. The second-order valence-electron chi connectivity index (χ2n) is 5.88. The van der Waals surface area contributed by atoms with Crippen LogP contribution in [0.4, 0.5) is 10.1 Å². The first kappa shape index (κ1) is 14.3. The van der Waals surface area contributed by atoms with Crippen molar-refractivity contribution in [2.75, 3.05) is 12.3 Å². The summed E-state index contributed by atoms with van der Waals surface area (Å²) in [6.07, 6.45) is 0.980. The molecule has 1 unspecified atom stereocenters. The maximum absolute atomic E-state index is 13.7. The van der Waals surface area contributed by atoms with Crippen molar-refractivity contribution in [2.24, 2.45) is 11.3 Å². The third kappa shape index (κ3) is 2.90. The van der Waals surface area contributed by atoms with Crippen LogP contribution in [0.1, 0.15) is 25.8 Å². The van der Waals surface area contributed by atoms with Crippen LogP contribution in [0, 0.1) is 24.1 Å². The van der Waals surface area contributed by atoms with Crippen LogP contribution in [0.5, 0.6) is 0 Å². The maximum Gasteiger partial charge on any atom is 0.243 e. The van der Waals surface area contributed by atoms with Gasteiger partial charge >= 0.3 is 0 Å². The van der Waals surface area contributed by atoms with E-state index in [0.29, 0.717) is 18.0 Å². The molecule has 6 heteroatoms. The van der Waals surface area contributed by atoms with Crippen molar-refractivity contribution in [2.45, 2.75) is 32.1 Å². The van der Waals surface area contributed by atoms with Gasteiger partial charge < -0.3 is 5.73 Å². The van der Waals surface area contributed by atoms with Gasteiger partial charge in [-0.15, -0.1) is 0 Å². The summed E-state index contributed by atoms with van der Waals surface area (Å²) in [5.74, 6) is -0.456. The molecular weight excluding hydrogens is 267 g/mol. The van der Waals surface area contributed by atoms with Crippen molar-refractivity contribution < 1.29 is 12.8 Å². The van der Waals surface area contributed by atoms with E-state index in [9.17, 15) is 12.8 Å². The molecule has 0 amide bonds. The van der Waals surface area contributed by atoms with Gasteiger partial charge in [-0.1, -0.05) is 13.8 Å². The van der Waals surface area contributed by atoms with Gasteiger partial charge in [-0.2, -0.15) is 0 Å². The average molecular weight is 286 g/mol. The molecule has 0 bridgehead atoms. The molecule has 1 aromatic carbocycles. The summed E-state index contributed by atoms with van der Waals surface area (Å²) in [4.78, 5) is -0.381. The number of benzene rings is 1. The SMILES string of the molecule is Cc1cc(F)c(S(=O)(=O)NCC2CC2(C)C)cc1N. The first-order chi connectivity index (χ1) is 8.63. The summed E-state index contributed by atoms with van der Waals surface area (Å²) in [6.45, 7) is 6.13. The van der Waals surface area contributed by atoms with Crippen LogP contribution in [-0.2, 0) is 10.0 Å². The van der Waals surface area contributed by atoms with Gasteiger partial charge in [-0.3, -0.25) is 0 Å². The van der Waals surface area contributed by atoms with Gasteiger partial charge in [-0.05, 0) is 42.4 Å². The minimum absolute atomic E-state index is 0.174. The molecule has 1 aliphatic rings. The topological polar surface area (TPSA) is 72.2 Å². The lowest BCUT2D eigenvalue weighted by Gasteiger charge is -2.10. The van der Waals surface area contributed by atoms with Crippen LogP contribution in [0.25, 0.3) is 0 Å². The second kappa shape index (κ2) is 4.45. The van der Waals surface area contributed by atoms with E-state index in [2.05, 4.69) is 18.6 Å². The van der Waals surface area contributed by atoms with Gasteiger partial charge in [0, 0.05) is 12.2 Å². The molecule has 1 saturated carbocycles. The first-order valence-electron chi connectivity index (χ1n) is 6.19. The van der Waals surface area contributed by atoms with Gasteiger partial charge in [0.05, 0.1) is 0 Å². The molecule has 1 aromatic rings. The molecule has 0 saturated heterocycles. The van der Waals surface area contributed by atoms with E-state index in [1.165, 1.54) is 6.07 Å². The molecule has 0 aliphatic heterocycles. The third-order valence-corrected chi connectivity index (χ3v) is 5.29. The van der Waals surface area contributed by atoms with Crippen molar-refractivity contribution in [3.63, 3.8) is 0 Å². The molecule has 4 nitrogen and oxygen atoms in total. The lowest BCUT2D eigenvalue weighted by Crippen LogP contribution is -2.27. The minimum atomic E-state index is -3.84. The standard InChI is InChI=1S/C13H19FN2O2S/c1-8-4-10(14)12(5-11(8)15)19(17,18)16-7-9-6-13(9,2)3/h4-5,9,16H,6-7,15H2,1-3H3. The minimum Gasteiger partial charge on any atom is -0.398 e. The Kier molecular flexibility index (Phi) is 3.35. The van der Waals surface area contributed by atoms with Crippen LogP contribution >= 0.6 is 0 Å². The summed E-state index contributed by atoms with van der Waals surface area (Å²) in [7, 11) is -3.84. The molecule has 1 fully saturated rings. The Morgan fingerprint density at radius 2 is 2.05 bits per heavy atom. The van der Waals surface area contributed by atoms with E-state index < -0.39 is 15.8 Å². The Balaban J connectivity index is 2.18. The lowest BCUT2D eigenvalue weighted by molar-refractivity contribution is 0.530. The third-order valence-electron chi connectivity index (χ3n) is 3.85. The van der Waals surface area contributed by atoms with Gasteiger partial charge in [-0.25, -0.2) is 17.5 Å². The normalized spacial score (nSPS) is 21.4. The van der Waals surface area contributed by atoms with E-state index in [0.717, 1.165) is 12.5 Å². The molecular formula is C13H19FN2O2S. The summed E-state index contributed by atoms with van der Waals surface area (Å²) in [5.41, 5.74) is 6.61. The van der Waals surface area contributed by atoms with Crippen molar-refractivity contribution in [3.05, 3.63) is 23.5 Å². The molecule has 1 atom stereocenters. The predicted octanol–water partition coefficient (Wildman–Crippen LogP) is 2.04. The number of sulfonamides is 1. The van der Waals surface area contributed by atoms with Gasteiger partial charge in [0.2, 0.25) is 10.0 Å². The number of anilines is 1. The number of rotatable bonds is 4. The van der Waals surface area contributed by atoms with Crippen molar-refractivity contribution in [3.8, 4) is 0 Å². The Morgan fingerprint density at radius 3 is 2.58 bits per heavy atom. The molecule has 0 heterocycles. The fourth-order valence-corrected chi connectivity index (χ4v) is 3.26. The van der Waals surface area contributed by atoms with Crippen LogP contribution < -0.4 is 10.5 Å². The van der Waals surface area contributed by atoms with Gasteiger partial charge in [0.15, 0.2) is 0 Å². The smallest absolute Gasteiger partial charge is 0.243 e. The number of nitrogens with one attached hydrogen (secondary N) is 1. The zero-order valence-corrected chi connectivity index (χ0v) is 12.1. The maximum atomic E-state index is 13.7. The molecule has 2 rings (SSSR count). The van der Waals surface area contributed by atoms with Crippen LogP contribution in [0.15, 0.2) is 17.0 Å². The summed E-state index contributed by atoms with van der Waals surface area (Å²) < 4.78 is 40.3. The quantitative estimate of drug-likeness (QED) is 0.832. The Morgan fingerprint density at radius 1 is 1.47 bits per heavy atom. The number of hydrogen-bond acceptors (Lipinski definition) is 3. The predicted molar refractivity (Wildman–Crippen MR) is 72.6 cm³/mol. The number of nitrogens with two attached hydrogens (primary N) is 1. The highest BCUT2D eigenvalue weighted by Crippen LogP contribution is 2.51. The number of aryl methyl sites for hydroxylation is 1. The Hall–Kier alpha value is -1.14. The fourth-order valence-electron chi connectivity index (χ4n) is 2.09. The molecule has 19 heavy (non-hydrogen) atoms. The lowest BCUT2D eigenvalue weighted by atomic mass is 10.1. The van der Waals surface area contributed by atoms with E-state index in [4.69, 9.17) is 5.73 Å². The molecule has 1 aliphatic carbocycles. The van der Waals surface area contributed by atoms with E-state index in [1.54, 1.807) is 6.92 Å². The second-order valence-corrected chi connectivity index (χ2v) is 7.62. The van der Waals surface area contributed by atoms with Crippen molar-refractivity contribution in [1.29, 1.82) is 0 Å². The number of halogens is 1. The number of hydrogen-bond donors (Lipinski definition) is 2. The van der Waals surface area contributed by atoms with Crippen molar-refractivity contribution >= 4 is 15.7 Å². The van der Waals surface area contributed by atoms with Gasteiger partial charge in [0.25, 0.3) is 0 Å². The Labute approximate surface area is 113 Å². The monoisotopic (exact) mass is 286 g/mol. The highest BCUT2D eigenvalue weighted by molar-refractivity contribution is 7.89. The van der Waals surface area contributed by atoms with E-state index in [-0.39, 0.29) is 16.0 Å². The first-order valence-corrected chi connectivity index (χ1v) is 7.67. The molecule has 0 aromatic heterocycles. The fraction of sp³-hybridized carbons (Fsp3) is 0.538. The zero-order valence-electron chi connectivity index (χ0n) is 11.3. The largest absolute Gasteiger partial charge is 0.398 e. The molecule has 106 valence electrons.